The molecule has 0 aliphatic carbocycles. The van der Waals surface area contributed by atoms with Gasteiger partial charge in [0.2, 0.25) is 0 Å². The van der Waals surface area contributed by atoms with Gasteiger partial charge in [-0.05, 0) is 19.4 Å². The van der Waals surface area contributed by atoms with Crippen LogP contribution in [-0.2, 0) is 19.4 Å². The van der Waals surface area contributed by atoms with E-state index in [-0.39, 0.29) is 6.04 Å². The fourth-order valence-corrected chi connectivity index (χ4v) is 2.48. The maximum absolute atomic E-state index is 6.18. The highest BCUT2D eigenvalue weighted by atomic mass is 32.1. The second kappa shape index (κ2) is 5.42. The maximum atomic E-state index is 6.18. The van der Waals surface area contributed by atoms with Gasteiger partial charge in [-0.2, -0.15) is 5.10 Å². The zero-order valence-corrected chi connectivity index (χ0v) is 11.1. The molecule has 0 saturated carbocycles. The Balaban J connectivity index is 2.15. The zero-order chi connectivity index (χ0) is 12.3. The summed E-state index contributed by atoms with van der Waals surface area (Å²) in [4.78, 5) is 5.20. The summed E-state index contributed by atoms with van der Waals surface area (Å²) in [5.74, 6) is 0. The molecular formula is C12H18N4S. The Hall–Kier alpha value is -1.20. The van der Waals surface area contributed by atoms with Crippen molar-refractivity contribution in [1.29, 1.82) is 0 Å². The highest BCUT2D eigenvalue weighted by Crippen LogP contribution is 2.20. The van der Waals surface area contributed by atoms with Crippen molar-refractivity contribution in [3.05, 3.63) is 34.0 Å². The average molecular weight is 250 g/mol. The molecule has 0 amide bonds. The van der Waals surface area contributed by atoms with Crippen molar-refractivity contribution in [2.24, 2.45) is 5.73 Å². The second-order valence-electron chi connectivity index (χ2n) is 4.01. The summed E-state index contributed by atoms with van der Waals surface area (Å²) in [7, 11) is 0. The quantitative estimate of drug-likeness (QED) is 0.884. The van der Waals surface area contributed by atoms with Gasteiger partial charge in [-0.25, -0.2) is 0 Å². The minimum absolute atomic E-state index is 0.0224. The number of hydrogen-bond donors (Lipinski definition) is 1. The topological polar surface area (TPSA) is 56.7 Å². The Kier molecular flexibility index (Phi) is 3.91. The molecule has 1 atom stereocenters. The van der Waals surface area contributed by atoms with Crippen LogP contribution >= 0.6 is 11.3 Å². The van der Waals surface area contributed by atoms with E-state index in [1.54, 1.807) is 11.3 Å². The molecule has 0 spiro atoms. The number of hydrogen-bond acceptors (Lipinski definition) is 4. The highest BCUT2D eigenvalue weighted by molar-refractivity contribution is 7.09. The van der Waals surface area contributed by atoms with Crippen LogP contribution in [-0.4, -0.2) is 14.8 Å². The summed E-state index contributed by atoms with van der Waals surface area (Å²) in [6, 6.07) is 2.18. The van der Waals surface area contributed by atoms with Gasteiger partial charge in [0.05, 0.1) is 11.2 Å². The zero-order valence-electron chi connectivity index (χ0n) is 10.3. The first-order chi connectivity index (χ1) is 8.24. The van der Waals surface area contributed by atoms with Crippen LogP contribution in [0.25, 0.3) is 0 Å². The molecule has 4 nitrogen and oxygen atoms in total. The van der Waals surface area contributed by atoms with Crippen LogP contribution in [0.3, 0.4) is 0 Å². The largest absolute Gasteiger partial charge is 0.323 e. The maximum Gasteiger partial charge on any atom is 0.0794 e. The number of aromatic nitrogens is 3. The third-order valence-electron chi connectivity index (χ3n) is 2.82. The van der Waals surface area contributed by atoms with Crippen molar-refractivity contribution < 1.29 is 0 Å². The molecule has 2 heterocycles. The van der Waals surface area contributed by atoms with E-state index in [9.17, 15) is 0 Å². The summed E-state index contributed by atoms with van der Waals surface area (Å²) >= 11 is 1.61. The van der Waals surface area contributed by atoms with E-state index < -0.39 is 0 Å². The van der Waals surface area contributed by atoms with Gasteiger partial charge in [0.15, 0.2) is 0 Å². The van der Waals surface area contributed by atoms with E-state index in [1.807, 2.05) is 16.4 Å². The van der Waals surface area contributed by atoms with Crippen LogP contribution in [0.1, 0.15) is 36.2 Å². The van der Waals surface area contributed by atoms with Gasteiger partial charge in [0.25, 0.3) is 0 Å². The molecular weight excluding hydrogens is 232 g/mol. The number of nitrogens with zero attached hydrogens (tertiary/aromatic N) is 3. The fourth-order valence-electron chi connectivity index (χ4n) is 1.86. The molecule has 0 aromatic carbocycles. The van der Waals surface area contributed by atoms with Crippen LogP contribution in [0, 0.1) is 0 Å². The Bertz CT molecular complexity index is 461. The van der Waals surface area contributed by atoms with Gasteiger partial charge < -0.3 is 5.73 Å². The highest BCUT2D eigenvalue weighted by Gasteiger charge is 2.13. The van der Waals surface area contributed by atoms with Gasteiger partial charge in [-0.15, -0.1) is 11.3 Å². The standard InChI is InChI=1S/C12H18N4S/c1-3-9-5-10(16(4-2)15-9)6-11(13)12-7-14-8-17-12/h5,7-8,11H,3-4,6,13H2,1-2H3. The summed E-state index contributed by atoms with van der Waals surface area (Å²) in [6.45, 7) is 5.12. The fraction of sp³-hybridized carbons (Fsp3) is 0.500. The number of rotatable bonds is 5. The first-order valence-corrected chi connectivity index (χ1v) is 6.82. The summed E-state index contributed by atoms with van der Waals surface area (Å²) in [5, 5.41) is 4.53. The smallest absolute Gasteiger partial charge is 0.0794 e. The van der Waals surface area contributed by atoms with Gasteiger partial charge >= 0.3 is 0 Å². The summed E-state index contributed by atoms with van der Waals surface area (Å²) in [5.41, 5.74) is 10.3. The molecule has 5 heteroatoms. The second-order valence-corrected chi connectivity index (χ2v) is 4.93. The lowest BCUT2D eigenvalue weighted by molar-refractivity contribution is 0.588. The van der Waals surface area contributed by atoms with Gasteiger partial charge in [0, 0.05) is 35.8 Å². The Morgan fingerprint density at radius 3 is 2.88 bits per heavy atom. The van der Waals surface area contributed by atoms with E-state index in [1.165, 1.54) is 5.69 Å². The predicted molar refractivity (Wildman–Crippen MR) is 70.0 cm³/mol. The van der Waals surface area contributed by atoms with Crippen molar-refractivity contribution >= 4 is 11.3 Å². The number of nitrogens with two attached hydrogens (primary N) is 1. The van der Waals surface area contributed by atoms with E-state index in [2.05, 4.69) is 30.0 Å². The minimum atomic E-state index is 0.0224. The van der Waals surface area contributed by atoms with Crippen LogP contribution in [0.4, 0.5) is 0 Å². The molecule has 0 aliphatic rings. The lowest BCUT2D eigenvalue weighted by Crippen LogP contribution is -2.15. The third kappa shape index (κ3) is 2.73. The molecule has 92 valence electrons. The van der Waals surface area contributed by atoms with Crippen molar-refractivity contribution in [3.8, 4) is 0 Å². The molecule has 17 heavy (non-hydrogen) atoms. The van der Waals surface area contributed by atoms with Gasteiger partial charge in [0.1, 0.15) is 0 Å². The van der Waals surface area contributed by atoms with E-state index >= 15 is 0 Å². The molecule has 0 fully saturated rings. The Morgan fingerprint density at radius 1 is 1.47 bits per heavy atom. The van der Waals surface area contributed by atoms with E-state index in [0.717, 1.165) is 30.0 Å². The number of thiazole rings is 1. The lowest BCUT2D eigenvalue weighted by Gasteiger charge is -2.10. The van der Waals surface area contributed by atoms with E-state index in [4.69, 9.17) is 5.73 Å². The molecule has 0 saturated heterocycles. The minimum Gasteiger partial charge on any atom is -0.323 e. The van der Waals surface area contributed by atoms with Crippen molar-refractivity contribution in [2.75, 3.05) is 0 Å². The predicted octanol–water partition coefficient (Wildman–Crippen LogP) is 2.16. The molecule has 2 rings (SSSR count). The molecule has 2 aromatic rings. The monoisotopic (exact) mass is 250 g/mol. The van der Waals surface area contributed by atoms with Crippen molar-refractivity contribution in [1.82, 2.24) is 14.8 Å². The van der Waals surface area contributed by atoms with E-state index in [0.29, 0.717) is 0 Å². The average Bonchev–Trinajstić information content (AvgIpc) is 2.97. The first-order valence-electron chi connectivity index (χ1n) is 5.94. The molecule has 2 N–H and O–H groups in total. The lowest BCUT2D eigenvalue weighted by atomic mass is 10.1. The van der Waals surface area contributed by atoms with Crippen molar-refractivity contribution in [2.45, 2.75) is 39.3 Å². The van der Waals surface area contributed by atoms with Gasteiger partial charge in [-0.1, -0.05) is 6.92 Å². The Morgan fingerprint density at radius 2 is 2.29 bits per heavy atom. The van der Waals surface area contributed by atoms with Gasteiger partial charge in [-0.3, -0.25) is 9.67 Å². The molecule has 2 aromatic heterocycles. The molecule has 0 bridgehead atoms. The first kappa shape index (κ1) is 12.3. The normalized spacial score (nSPS) is 12.9. The third-order valence-corrected chi connectivity index (χ3v) is 3.73. The molecule has 0 aliphatic heterocycles. The van der Waals surface area contributed by atoms with Crippen LogP contribution < -0.4 is 5.73 Å². The summed E-state index contributed by atoms with van der Waals surface area (Å²) < 4.78 is 2.04. The van der Waals surface area contributed by atoms with Crippen LogP contribution in [0.2, 0.25) is 0 Å². The van der Waals surface area contributed by atoms with Crippen molar-refractivity contribution in [3.63, 3.8) is 0 Å². The molecule has 1 unspecified atom stereocenters. The number of aryl methyl sites for hydroxylation is 2. The van der Waals surface area contributed by atoms with Crippen LogP contribution in [0.15, 0.2) is 17.8 Å². The van der Waals surface area contributed by atoms with Crippen LogP contribution in [0.5, 0.6) is 0 Å². The molecule has 0 radical (unpaired) electrons. The summed E-state index contributed by atoms with van der Waals surface area (Å²) in [6.07, 6.45) is 3.64. The Labute approximate surface area is 105 Å². The SMILES string of the molecule is CCc1cc(CC(N)c2cncs2)n(CC)n1.